The monoisotopic (exact) mass is 264 g/mol. The molecule has 0 radical (unpaired) electrons. The van der Waals surface area contributed by atoms with Crippen molar-refractivity contribution in [2.45, 2.75) is 19.5 Å². The number of aromatic nitrogens is 1. The Morgan fingerprint density at radius 3 is 3.00 bits per heavy atom. The summed E-state index contributed by atoms with van der Waals surface area (Å²) in [7, 11) is 2.17. The SMILES string of the molecule is CC1CN(C)CCN1Cc1cccnc1C(N)=S. The molecule has 1 fully saturated rings. The molecule has 4 nitrogen and oxygen atoms in total. The first-order valence-electron chi connectivity index (χ1n) is 6.24. The van der Waals surface area contributed by atoms with Crippen LogP contribution in [0.1, 0.15) is 18.2 Å². The summed E-state index contributed by atoms with van der Waals surface area (Å²) in [5, 5.41) is 0. The summed E-state index contributed by atoms with van der Waals surface area (Å²) in [5.41, 5.74) is 7.61. The Morgan fingerprint density at radius 1 is 1.56 bits per heavy atom. The van der Waals surface area contributed by atoms with Crippen molar-refractivity contribution in [2.75, 3.05) is 26.7 Å². The summed E-state index contributed by atoms with van der Waals surface area (Å²) in [6, 6.07) is 4.55. The van der Waals surface area contributed by atoms with Crippen LogP contribution in [-0.2, 0) is 6.54 Å². The summed E-state index contributed by atoms with van der Waals surface area (Å²) in [6.07, 6.45) is 1.74. The molecule has 98 valence electrons. The fourth-order valence-corrected chi connectivity index (χ4v) is 2.60. The van der Waals surface area contributed by atoms with Gasteiger partial charge in [0.2, 0.25) is 0 Å². The van der Waals surface area contributed by atoms with Gasteiger partial charge in [-0.1, -0.05) is 18.3 Å². The predicted molar refractivity (Wildman–Crippen MR) is 77.5 cm³/mol. The fourth-order valence-electron chi connectivity index (χ4n) is 2.42. The van der Waals surface area contributed by atoms with E-state index in [2.05, 4.69) is 34.8 Å². The van der Waals surface area contributed by atoms with E-state index < -0.39 is 0 Å². The number of piperazine rings is 1. The molecule has 2 rings (SSSR count). The molecule has 1 saturated heterocycles. The Bertz CT molecular complexity index is 435. The van der Waals surface area contributed by atoms with Gasteiger partial charge in [0.1, 0.15) is 10.7 Å². The lowest BCUT2D eigenvalue weighted by Gasteiger charge is -2.38. The zero-order chi connectivity index (χ0) is 13.1. The van der Waals surface area contributed by atoms with Gasteiger partial charge in [-0.3, -0.25) is 9.88 Å². The zero-order valence-electron chi connectivity index (χ0n) is 11.0. The van der Waals surface area contributed by atoms with Crippen molar-refractivity contribution in [3.63, 3.8) is 0 Å². The molecule has 0 spiro atoms. The molecule has 1 atom stereocenters. The summed E-state index contributed by atoms with van der Waals surface area (Å²) in [6.45, 7) is 6.40. The van der Waals surface area contributed by atoms with Crippen LogP contribution in [0.5, 0.6) is 0 Å². The standard InChI is InChI=1S/C13H20N4S/c1-10-8-16(2)6-7-17(10)9-11-4-3-5-15-12(11)13(14)18/h3-5,10H,6-9H2,1-2H3,(H2,14,18). The first-order valence-corrected chi connectivity index (χ1v) is 6.65. The van der Waals surface area contributed by atoms with E-state index in [-0.39, 0.29) is 0 Å². The molecule has 0 aromatic carbocycles. The molecule has 0 amide bonds. The second-order valence-corrected chi connectivity index (χ2v) is 5.40. The van der Waals surface area contributed by atoms with Crippen LogP contribution in [0.15, 0.2) is 18.3 Å². The fraction of sp³-hybridized carbons (Fsp3) is 0.538. The smallest absolute Gasteiger partial charge is 0.123 e. The van der Waals surface area contributed by atoms with Gasteiger partial charge in [0.25, 0.3) is 0 Å². The molecule has 1 aromatic rings. The Hall–Kier alpha value is -1.04. The van der Waals surface area contributed by atoms with E-state index in [9.17, 15) is 0 Å². The van der Waals surface area contributed by atoms with Crippen LogP contribution in [0.4, 0.5) is 0 Å². The lowest BCUT2D eigenvalue weighted by Crippen LogP contribution is -2.49. The normalized spacial score (nSPS) is 22.0. The van der Waals surface area contributed by atoms with Crippen LogP contribution in [0.3, 0.4) is 0 Å². The van der Waals surface area contributed by atoms with Crippen molar-refractivity contribution in [1.82, 2.24) is 14.8 Å². The zero-order valence-corrected chi connectivity index (χ0v) is 11.8. The van der Waals surface area contributed by atoms with E-state index in [4.69, 9.17) is 18.0 Å². The van der Waals surface area contributed by atoms with Gasteiger partial charge < -0.3 is 10.6 Å². The second-order valence-electron chi connectivity index (χ2n) is 4.96. The number of thiocarbonyl (C=S) groups is 1. The molecule has 0 bridgehead atoms. The topological polar surface area (TPSA) is 45.4 Å². The quantitative estimate of drug-likeness (QED) is 0.820. The third-order valence-electron chi connectivity index (χ3n) is 3.47. The Kier molecular flexibility index (Phi) is 4.27. The van der Waals surface area contributed by atoms with Crippen LogP contribution in [-0.4, -0.2) is 52.5 Å². The molecule has 0 aliphatic carbocycles. The molecule has 2 heterocycles. The molecule has 1 aromatic heterocycles. The maximum Gasteiger partial charge on any atom is 0.123 e. The van der Waals surface area contributed by atoms with E-state index >= 15 is 0 Å². The van der Waals surface area contributed by atoms with Crippen LogP contribution in [0.2, 0.25) is 0 Å². The molecule has 5 heteroatoms. The van der Waals surface area contributed by atoms with Crippen LogP contribution >= 0.6 is 12.2 Å². The minimum absolute atomic E-state index is 0.382. The number of nitrogens with zero attached hydrogens (tertiary/aromatic N) is 3. The lowest BCUT2D eigenvalue weighted by molar-refractivity contribution is 0.0937. The largest absolute Gasteiger partial charge is 0.388 e. The molecular weight excluding hydrogens is 244 g/mol. The number of hydrogen-bond donors (Lipinski definition) is 1. The predicted octanol–water partition coefficient (Wildman–Crippen LogP) is 0.852. The van der Waals surface area contributed by atoms with Crippen molar-refractivity contribution in [1.29, 1.82) is 0 Å². The highest BCUT2D eigenvalue weighted by Gasteiger charge is 2.22. The van der Waals surface area contributed by atoms with Crippen molar-refractivity contribution in [2.24, 2.45) is 5.73 Å². The molecule has 0 saturated carbocycles. The maximum absolute atomic E-state index is 5.72. The Morgan fingerprint density at radius 2 is 2.33 bits per heavy atom. The number of pyridine rings is 1. The summed E-state index contributed by atoms with van der Waals surface area (Å²) < 4.78 is 0. The van der Waals surface area contributed by atoms with Gasteiger partial charge in [0.15, 0.2) is 0 Å². The van der Waals surface area contributed by atoms with Gasteiger partial charge in [0, 0.05) is 38.4 Å². The number of nitrogens with two attached hydrogens (primary N) is 1. The van der Waals surface area contributed by atoms with E-state index in [1.807, 2.05) is 6.07 Å². The number of likely N-dealkylation sites (N-methyl/N-ethyl adjacent to an activating group) is 1. The van der Waals surface area contributed by atoms with Crippen LogP contribution in [0, 0.1) is 0 Å². The highest BCUT2D eigenvalue weighted by Crippen LogP contribution is 2.14. The van der Waals surface area contributed by atoms with Gasteiger partial charge in [-0.05, 0) is 25.6 Å². The van der Waals surface area contributed by atoms with Crippen LogP contribution in [0.25, 0.3) is 0 Å². The van der Waals surface area contributed by atoms with Crippen molar-refractivity contribution in [3.05, 3.63) is 29.6 Å². The molecule has 2 N–H and O–H groups in total. The van der Waals surface area contributed by atoms with Crippen molar-refractivity contribution >= 4 is 17.2 Å². The minimum Gasteiger partial charge on any atom is -0.388 e. The molecule has 18 heavy (non-hydrogen) atoms. The highest BCUT2D eigenvalue weighted by atomic mass is 32.1. The Labute approximate surface area is 114 Å². The average Bonchev–Trinajstić information content (AvgIpc) is 2.33. The van der Waals surface area contributed by atoms with Crippen molar-refractivity contribution in [3.8, 4) is 0 Å². The van der Waals surface area contributed by atoms with Gasteiger partial charge in [-0.25, -0.2) is 0 Å². The first-order chi connectivity index (χ1) is 8.58. The maximum atomic E-state index is 5.72. The van der Waals surface area contributed by atoms with Crippen LogP contribution < -0.4 is 5.73 Å². The third-order valence-corrected chi connectivity index (χ3v) is 3.66. The van der Waals surface area contributed by atoms with Gasteiger partial charge in [0.05, 0.1) is 0 Å². The third kappa shape index (κ3) is 3.04. The first kappa shape index (κ1) is 13.4. The minimum atomic E-state index is 0.382. The number of rotatable bonds is 3. The number of hydrogen-bond acceptors (Lipinski definition) is 4. The second kappa shape index (κ2) is 5.73. The summed E-state index contributed by atoms with van der Waals surface area (Å²) >= 11 is 5.05. The van der Waals surface area contributed by atoms with Gasteiger partial charge >= 0.3 is 0 Å². The summed E-state index contributed by atoms with van der Waals surface area (Å²) in [5.74, 6) is 0. The van der Waals surface area contributed by atoms with Crippen molar-refractivity contribution < 1.29 is 0 Å². The van der Waals surface area contributed by atoms with E-state index in [1.54, 1.807) is 6.20 Å². The summed E-state index contributed by atoms with van der Waals surface area (Å²) in [4.78, 5) is 9.48. The van der Waals surface area contributed by atoms with E-state index in [0.717, 1.165) is 37.4 Å². The van der Waals surface area contributed by atoms with E-state index in [1.165, 1.54) is 0 Å². The molecular formula is C13H20N4S. The molecule has 1 aliphatic rings. The molecule has 1 aliphatic heterocycles. The Balaban J connectivity index is 2.12. The molecule has 1 unspecified atom stereocenters. The lowest BCUT2D eigenvalue weighted by atomic mass is 10.1. The van der Waals surface area contributed by atoms with Gasteiger partial charge in [-0.15, -0.1) is 0 Å². The highest BCUT2D eigenvalue weighted by molar-refractivity contribution is 7.80. The van der Waals surface area contributed by atoms with E-state index in [0.29, 0.717) is 11.0 Å². The average molecular weight is 264 g/mol. The van der Waals surface area contributed by atoms with Gasteiger partial charge in [-0.2, -0.15) is 0 Å².